The molecule has 0 bridgehead atoms. The van der Waals surface area contributed by atoms with Crippen LogP contribution in [0.1, 0.15) is 25.6 Å². The first-order chi connectivity index (χ1) is 12.2. The zero-order valence-corrected chi connectivity index (χ0v) is 17.1. The number of alkyl carbamates (subject to hydrolysis) is 1. The van der Waals surface area contributed by atoms with Gasteiger partial charge in [0.1, 0.15) is 12.9 Å². The second-order valence-corrected chi connectivity index (χ2v) is 9.17. The number of aromatic nitrogens is 3. The summed E-state index contributed by atoms with van der Waals surface area (Å²) < 4.78 is 21.6. The van der Waals surface area contributed by atoms with E-state index in [-0.39, 0.29) is 24.4 Å². The predicted octanol–water partition coefficient (Wildman–Crippen LogP) is 3.30. The second kappa shape index (κ2) is 8.63. The number of nitrogens with one attached hydrogen (secondary N) is 1. The van der Waals surface area contributed by atoms with Crippen LogP contribution < -0.4 is 11.0 Å². The maximum Gasteiger partial charge on any atom is 0.407 e. The van der Waals surface area contributed by atoms with Gasteiger partial charge in [0.25, 0.3) is 0 Å². The highest BCUT2D eigenvalue weighted by Gasteiger charge is 2.16. The summed E-state index contributed by atoms with van der Waals surface area (Å²) in [5.41, 5.74) is -0.698. The highest BCUT2D eigenvalue weighted by Crippen LogP contribution is 2.22. The summed E-state index contributed by atoms with van der Waals surface area (Å²) in [7, 11) is 0. The molecule has 7 nitrogen and oxygen atoms in total. The maximum absolute atomic E-state index is 13.1. The Kier molecular flexibility index (Phi) is 6.76. The lowest BCUT2D eigenvalue weighted by molar-refractivity contribution is 0.145. The molecule has 142 valence electrons. The van der Waals surface area contributed by atoms with Gasteiger partial charge in [-0.1, -0.05) is 0 Å². The number of nitrogens with zero attached hydrogens (tertiary/aromatic N) is 3. The highest BCUT2D eigenvalue weighted by molar-refractivity contribution is 9.11. The number of thiophene rings is 1. The van der Waals surface area contributed by atoms with E-state index < -0.39 is 11.6 Å². The fourth-order valence-electron chi connectivity index (χ4n) is 2.00. The first kappa shape index (κ1) is 20.4. The van der Waals surface area contributed by atoms with Crippen LogP contribution in [0.2, 0.25) is 0 Å². The van der Waals surface area contributed by atoms with Gasteiger partial charge in [-0.2, -0.15) is 5.10 Å². The summed E-state index contributed by atoms with van der Waals surface area (Å²) in [5, 5.41) is 6.59. The van der Waals surface area contributed by atoms with Crippen LogP contribution in [-0.2, 0) is 17.8 Å². The topological polar surface area (TPSA) is 78.2 Å². The zero-order valence-electron chi connectivity index (χ0n) is 14.7. The standard InChI is InChI=1S/C16H20BrFN4O3S/c1-16(2,3)20-14(23)25-9-11(6-18)7-22-15(24)21(10-19-22)8-12-4-5-13(17)26-12/h4-6,10H,7-9H2,1-3H3,(H,20,23)/b11-6-. The molecule has 2 rings (SSSR count). The molecule has 1 N–H and O–H groups in total. The highest BCUT2D eigenvalue weighted by atomic mass is 79.9. The minimum atomic E-state index is -0.655. The molecule has 2 aromatic heterocycles. The van der Waals surface area contributed by atoms with E-state index >= 15 is 0 Å². The fraction of sp³-hybridized carbons (Fsp3) is 0.438. The van der Waals surface area contributed by atoms with Crippen LogP contribution in [0.4, 0.5) is 9.18 Å². The fourth-order valence-corrected chi connectivity index (χ4v) is 3.48. The third-order valence-corrected chi connectivity index (χ3v) is 4.73. The van der Waals surface area contributed by atoms with Crippen molar-refractivity contribution in [1.82, 2.24) is 19.7 Å². The average Bonchev–Trinajstić information content (AvgIpc) is 3.09. The molecule has 2 heterocycles. The minimum absolute atomic E-state index is 0.0980. The molecule has 0 saturated heterocycles. The van der Waals surface area contributed by atoms with Crippen molar-refractivity contribution < 1.29 is 13.9 Å². The van der Waals surface area contributed by atoms with Gasteiger partial charge < -0.3 is 10.1 Å². The summed E-state index contributed by atoms with van der Waals surface area (Å²) in [4.78, 5) is 25.0. The largest absolute Gasteiger partial charge is 0.445 e. The molecule has 0 fully saturated rings. The minimum Gasteiger partial charge on any atom is -0.445 e. The van der Waals surface area contributed by atoms with Crippen LogP contribution in [0, 0.1) is 0 Å². The maximum atomic E-state index is 13.1. The van der Waals surface area contributed by atoms with Crippen LogP contribution in [0.15, 0.2) is 38.9 Å². The first-order valence-electron chi connectivity index (χ1n) is 7.77. The average molecular weight is 447 g/mol. The number of halogens is 2. The lowest BCUT2D eigenvalue weighted by atomic mass is 10.1. The Labute approximate surface area is 162 Å². The van der Waals surface area contributed by atoms with Crippen LogP contribution >= 0.6 is 27.3 Å². The van der Waals surface area contributed by atoms with Crippen LogP contribution in [-0.4, -0.2) is 32.6 Å². The number of ether oxygens (including phenoxy) is 1. The van der Waals surface area contributed by atoms with Crippen molar-refractivity contribution in [3.05, 3.63) is 49.5 Å². The summed E-state index contributed by atoms with van der Waals surface area (Å²) in [5.74, 6) is 0. The van der Waals surface area contributed by atoms with E-state index in [1.807, 2.05) is 12.1 Å². The van der Waals surface area contributed by atoms with Crippen molar-refractivity contribution >= 4 is 33.4 Å². The third-order valence-electron chi connectivity index (χ3n) is 3.12. The van der Waals surface area contributed by atoms with Gasteiger partial charge >= 0.3 is 11.8 Å². The van der Waals surface area contributed by atoms with Gasteiger partial charge in [-0.05, 0) is 48.8 Å². The molecule has 0 aliphatic heterocycles. The molecule has 0 unspecified atom stereocenters. The van der Waals surface area contributed by atoms with E-state index in [0.717, 1.165) is 13.3 Å². The molecule has 0 spiro atoms. The Morgan fingerprint density at radius 1 is 1.46 bits per heavy atom. The Balaban J connectivity index is 1.96. The molecule has 26 heavy (non-hydrogen) atoms. The normalized spacial score (nSPS) is 12.3. The van der Waals surface area contributed by atoms with Crippen molar-refractivity contribution in [2.24, 2.45) is 0 Å². The second-order valence-electron chi connectivity index (χ2n) is 6.62. The molecule has 10 heteroatoms. The number of carbonyl (C=O) groups is 1. The van der Waals surface area contributed by atoms with Crippen LogP contribution in [0.5, 0.6) is 0 Å². The molecule has 0 aliphatic rings. The Morgan fingerprint density at radius 2 is 2.19 bits per heavy atom. The number of amides is 1. The number of hydrogen-bond acceptors (Lipinski definition) is 5. The molecular weight excluding hydrogens is 427 g/mol. The van der Waals surface area contributed by atoms with E-state index in [4.69, 9.17) is 4.74 Å². The molecule has 0 saturated carbocycles. The van der Waals surface area contributed by atoms with E-state index in [1.54, 1.807) is 20.8 Å². The van der Waals surface area contributed by atoms with Crippen LogP contribution in [0.3, 0.4) is 0 Å². The van der Waals surface area contributed by atoms with Crippen molar-refractivity contribution in [1.29, 1.82) is 0 Å². The molecule has 0 aromatic carbocycles. The smallest absolute Gasteiger partial charge is 0.407 e. The summed E-state index contributed by atoms with van der Waals surface area (Å²) in [6, 6.07) is 3.81. The summed E-state index contributed by atoms with van der Waals surface area (Å²) in [6.07, 6.45) is 1.07. The van der Waals surface area contributed by atoms with Crippen molar-refractivity contribution in [2.45, 2.75) is 39.4 Å². The lowest BCUT2D eigenvalue weighted by Crippen LogP contribution is -2.41. The van der Waals surface area contributed by atoms with Crippen molar-refractivity contribution in [2.75, 3.05) is 6.61 Å². The first-order valence-corrected chi connectivity index (χ1v) is 9.38. The monoisotopic (exact) mass is 446 g/mol. The molecular formula is C16H20BrFN4O3S. The summed E-state index contributed by atoms with van der Waals surface area (Å²) >= 11 is 4.89. The number of carbonyl (C=O) groups excluding carboxylic acids is 1. The van der Waals surface area contributed by atoms with Gasteiger partial charge in [-0.25, -0.2) is 18.7 Å². The molecule has 0 radical (unpaired) electrons. The van der Waals surface area contributed by atoms with E-state index in [2.05, 4.69) is 26.3 Å². The summed E-state index contributed by atoms with van der Waals surface area (Å²) in [6.45, 7) is 5.43. The van der Waals surface area contributed by atoms with Crippen molar-refractivity contribution in [3.8, 4) is 0 Å². The Morgan fingerprint density at radius 3 is 2.77 bits per heavy atom. The molecule has 0 atom stereocenters. The quantitative estimate of drug-likeness (QED) is 0.737. The van der Waals surface area contributed by atoms with Crippen LogP contribution in [0.25, 0.3) is 0 Å². The van der Waals surface area contributed by atoms with E-state index in [9.17, 15) is 14.0 Å². The SMILES string of the molecule is CC(C)(C)NC(=O)OC/C(=C\F)Cn1ncn(Cc2ccc(Br)s2)c1=O. The number of rotatable bonds is 6. The van der Waals surface area contributed by atoms with Gasteiger partial charge in [-0.3, -0.25) is 4.57 Å². The Bertz CT molecular complexity index is 850. The predicted molar refractivity (Wildman–Crippen MR) is 101 cm³/mol. The number of hydrogen-bond donors (Lipinski definition) is 1. The van der Waals surface area contributed by atoms with E-state index in [0.29, 0.717) is 12.9 Å². The molecule has 2 aromatic rings. The third kappa shape index (κ3) is 6.10. The lowest BCUT2D eigenvalue weighted by Gasteiger charge is -2.20. The molecule has 1 amide bonds. The molecule has 0 aliphatic carbocycles. The van der Waals surface area contributed by atoms with Gasteiger partial charge in [0.05, 0.1) is 23.2 Å². The zero-order chi connectivity index (χ0) is 19.3. The van der Waals surface area contributed by atoms with Gasteiger partial charge in [0.2, 0.25) is 0 Å². The van der Waals surface area contributed by atoms with Crippen molar-refractivity contribution in [3.63, 3.8) is 0 Å². The Hall–Kier alpha value is -1.94. The van der Waals surface area contributed by atoms with E-state index in [1.165, 1.54) is 22.2 Å². The van der Waals surface area contributed by atoms with Gasteiger partial charge in [-0.15, -0.1) is 11.3 Å². The van der Waals surface area contributed by atoms with Gasteiger partial charge in [0, 0.05) is 16.0 Å². The van der Waals surface area contributed by atoms with Gasteiger partial charge in [0.15, 0.2) is 0 Å².